The van der Waals surface area contributed by atoms with Crippen molar-refractivity contribution in [2.45, 2.75) is 51.1 Å². The minimum Gasteiger partial charge on any atom is -0.399 e. The number of fused-ring (bicyclic) bond motifs is 1. The van der Waals surface area contributed by atoms with E-state index >= 15 is 0 Å². The van der Waals surface area contributed by atoms with Crippen LogP contribution in [0.15, 0.2) is 24.3 Å². The number of nitrogen functional groups attached to an aromatic ring is 1. The second kappa shape index (κ2) is 5.62. The van der Waals surface area contributed by atoms with Gasteiger partial charge >= 0.3 is 0 Å². The number of hydrogen-bond acceptors (Lipinski definition) is 3. The molecule has 3 rings (SSSR count). The molecule has 0 aromatic heterocycles. The molecule has 2 atom stereocenters. The fraction of sp³-hybridized carbons (Fsp3) is 0.667. The molecule has 2 heterocycles. The lowest BCUT2D eigenvalue weighted by Crippen LogP contribution is -2.57. The topological polar surface area (TPSA) is 32.5 Å². The molecule has 2 aliphatic rings. The quantitative estimate of drug-likeness (QED) is 0.868. The highest BCUT2D eigenvalue weighted by Gasteiger charge is 2.36. The Bertz CT molecular complexity index is 480. The second-order valence-corrected chi connectivity index (χ2v) is 7.58. The van der Waals surface area contributed by atoms with Gasteiger partial charge in [-0.3, -0.25) is 9.80 Å². The third-order valence-electron chi connectivity index (χ3n) is 5.36. The molecule has 0 bridgehead atoms. The molecule has 2 N–H and O–H groups in total. The molecule has 0 radical (unpaired) electrons. The van der Waals surface area contributed by atoms with Crippen LogP contribution in [0.5, 0.6) is 0 Å². The van der Waals surface area contributed by atoms with Crippen LogP contribution in [-0.2, 0) is 5.41 Å². The molecule has 2 aliphatic heterocycles. The molecule has 0 spiro atoms. The van der Waals surface area contributed by atoms with Gasteiger partial charge in [0.1, 0.15) is 0 Å². The number of nitrogens with zero attached hydrogens (tertiary/aromatic N) is 2. The first-order valence-corrected chi connectivity index (χ1v) is 8.30. The molecule has 0 saturated carbocycles. The molecule has 2 saturated heterocycles. The zero-order valence-corrected chi connectivity index (χ0v) is 13.7. The molecule has 2 unspecified atom stereocenters. The monoisotopic (exact) mass is 287 g/mol. The smallest absolute Gasteiger partial charge is 0.0314 e. The predicted octanol–water partition coefficient (Wildman–Crippen LogP) is 2.71. The highest BCUT2D eigenvalue weighted by Crippen LogP contribution is 2.30. The fourth-order valence-electron chi connectivity index (χ4n) is 4.00. The molecule has 1 aromatic rings. The van der Waals surface area contributed by atoms with Gasteiger partial charge in [0.25, 0.3) is 0 Å². The van der Waals surface area contributed by atoms with Crippen molar-refractivity contribution in [2.75, 3.05) is 31.9 Å². The Morgan fingerprint density at radius 2 is 1.90 bits per heavy atom. The summed E-state index contributed by atoms with van der Waals surface area (Å²) in [5, 5.41) is 0. The highest BCUT2D eigenvalue weighted by atomic mass is 15.3. The minimum atomic E-state index is 0.169. The summed E-state index contributed by atoms with van der Waals surface area (Å²) >= 11 is 0. The van der Waals surface area contributed by atoms with Crippen LogP contribution in [0.25, 0.3) is 0 Å². The first-order valence-electron chi connectivity index (χ1n) is 8.30. The Hall–Kier alpha value is -1.06. The van der Waals surface area contributed by atoms with E-state index in [2.05, 4.69) is 42.7 Å². The first kappa shape index (κ1) is 14.9. The van der Waals surface area contributed by atoms with E-state index < -0.39 is 0 Å². The predicted molar refractivity (Wildman–Crippen MR) is 89.5 cm³/mol. The normalized spacial score (nSPS) is 27.8. The van der Waals surface area contributed by atoms with E-state index in [4.69, 9.17) is 5.73 Å². The van der Waals surface area contributed by atoms with Crippen LogP contribution in [0, 0.1) is 0 Å². The van der Waals surface area contributed by atoms with E-state index in [1.807, 2.05) is 12.1 Å². The highest BCUT2D eigenvalue weighted by molar-refractivity contribution is 5.41. The van der Waals surface area contributed by atoms with Gasteiger partial charge in [-0.25, -0.2) is 0 Å². The molecule has 21 heavy (non-hydrogen) atoms. The van der Waals surface area contributed by atoms with Crippen LogP contribution in [-0.4, -0.2) is 48.1 Å². The van der Waals surface area contributed by atoms with Gasteiger partial charge in [0.2, 0.25) is 0 Å². The van der Waals surface area contributed by atoms with Gasteiger partial charge in [-0.05, 0) is 44.0 Å². The molecule has 1 aromatic carbocycles. The molecular weight excluding hydrogens is 258 g/mol. The Morgan fingerprint density at radius 1 is 1.19 bits per heavy atom. The summed E-state index contributed by atoms with van der Waals surface area (Å²) in [6.45, 7) is 12.0. The van der Waals surface area contributed by atoms with Gasteiger partial charge < -0.3 is 5.73 Å². The fourth-order valence-corrected chi connectivity index (χ4v) is 4.00. The summed E-state index contributed by atoms with van der Waals surface area (Å²) in [5.74, 6) is 0. The number of rotatable bonds is 3. The summed E-state index contributed by atoms with van der Waals surface area (Å²) < 4.78 is 0. The average molecular weight is 287 g/mol. The third kappa shape index (κ3) is 3.09. The molecule has 0 aliphatic carbocycles. The van der Waals surface area contributed by atoms with Crippen molar-refractivity contribution in [3.05, 3.63) is 29.8 Å². The van der Waals surface area contributed by atoms with E-state index in [1.54, 1.807) is 0 Å². The maximum atomic E-state index is 5.82. The summed E-state index contributed by atoms with van der Waals surface area (Å²) in [5.41, 5.74) is 8.22. The lowest BCUT2D eigenvalue weighted by atomic mass is 9.83. The largest absolute Gasteiger partial charge is 0.399 e. The van der Waals surface area contributed by atoms with E-state index in [-0.39, 0.29) is 5.41 Å². The number of anilines is 1. The summed E-state index contributed by atoms with van der Waals surface area (Å²) in [6, 6.07) is 9.87. The van der Waals surface area contributed by atoms with Crippen LogP contribution in [0.2, 0.25) is 0 Å². The number of hydrogen-bond donors (Lipinski definition) is 1. The van der Waals surface area contributed by atoms with Crippen LogP contribution < -0.4 is 5.73 Å². The van der Waals surface area contributed by atoms with Crippen molar-refractivity contribution in [1.29, 1.82) is 0 Å². The van der Waals surface area contributed by atoms with E-state index in [0.29, 0.717) is 6.04 Å². The van der Waals surface area contributed by atoms with Gasteiger partial charge in [0.15, 0.2) is 0 Å². The van der Waals surface area contributed by atoms with Gasteiger partial charge in [0.05, 0.1) is 0 Å². The van der Waals surface area contributed by atoms with E-state index in [9.17, 15) is 0 Å². The van der Waals surface area contributed by atoms with E-state index in [0.717, 1.165) is 18.3 Å². The molecule has 0 amide bonds. The Balaban J connectivity index is 1.70. The first-order chi connectivity index (χ1) is 9.95. The molecule has 3 heteroatoms. The average Bonchev–Trinajstić information content (AvgIpc) is 2.86. The minimum absolute atomic E-state index is 0.169. The lowest BCUT2D eigenvalue weighted by molar-refractivity contribution is 0.0463. The van der Waals surface area contributed by atoms with Gasteiger partial charge in [-0.1, -0.05) is 26.0 Å². The van der Waals surface area contributed by atoms with Crippen LogP contribution in [0.1, 0.15) is 39.2 Å². The van der Waals surface area contributed by atoms with Crippen molar-refractivity contribution in [3.8, 4) is 0 Å². The number of benzene rings is 1. The molecule has 3 nitrogen and oxygen atoms in total. The third-order valence-corrected chi connectivity index (χ3v) is 5.36. The Morgan fingerprint density at radius 3 is 2.62 bits per heavy atom. The van der Waals surface area contributed by atoms with Crippen LogP contribution >= 0.6 is 0 Å². The van der Waals surface area contributed by atoms with Crippen molar-refractivity contribution in [3.63, 3.8) is 0 Å². The maximum Gasteiger partial charge on any atom is 0.0314 e. The van der Waals surface area contributed by atoms with Crippen molar-refractivity contribution in [1.82, 2.24) is 9.80 Å². The molecule has 116 valence electrons. The summed E-state index contributed by atoms with van der Waals surface area (Å²) in [6.07, 6.45) is 2.76. The van der Waals surface area contributed by atoms with Crippen LogP contribution in [0.4, 0.5) is 5.69 Å². The maximum absolute atomic E-state index is 5.82. The summed E-state index contributed by atoms with van der Waals surface area (Å²) in [7, 11) is 0. The van der Waals surface area contributed by atoms with Gasteiger partial charge in [-0.2, -0.15) is 0 Å². The van der Waals surface area contributed by atoms with E-state index in [1.165, 1.54) is 38.0 Å². The zero-order valence-electron chi connectivity index (χ0n) is 13.7. The summed E-state index contributed by atoms with van der Waals surface area (Å²) in [4.78, 5) is 5.39. The number of piperazine rings is 1. The zero-order chi connectivity index (χ0) is 15.0. The standard InChI is InChI=1S/C18H29N3/c1-14-11-20-10-4-5-17(20)12-21(14)13-18(2,3)15-6-8-16(19)9-7-15/h6-9,14,17H,4-5,10-13,19H2,1-3H3. The van der Waals surface area contributed by atoms with Crippen LogP contribution in [0.3, 0.4) is 0 Å². The molecular formula is C18H29N3. The van der Waals surface area contributed by atoms with Crippen molar-refractivity contribution in [2.24, 2.45) is 0 Å². The SMILES string of the molecule is CC1CN2CCCC2CN1CC(C)(C)c1ccc(N)cc1. The van der Waals surface area contributed by atoms with Crippen molar-refractivity contribution < 1.29 is 0 Å². The van der Waals surface area contributed by atoms with Gasteiger partial charge in [-0.15, -0.1) is 0 Å². The number of nitrogens with two attached hydrogens (primary N) is 1. The van der Waals surface area contributed by atoms with Crippen molar-refractivity contribution >= 4 is 5.69 Å². The second-order valence-electron chi connectivity index (χ2n) is 7.58. The Labute approximate surface area is 129 Å². The molecule has 2 fully saturated rings. The Kier molecular flexibility index (Phi) is 3.98. The van der Waals surface area contributed by atoms with Gasteiger partial charge in [0, 0.05) is 42.8 Å². The lowest BCUT2D eigenvalue weighted by Gasteiger charge is -2.45.